The third-order valence-corrected chi connectivity index (χ3v) is 2.87. The van der Waals surface area contributed by atoms with Gasteiger partial charge in [-0.1, -0.05) is 23.2 Å². The van der Waals surface area contributed by atoms with Gasteiger partial charge >= 0.3 is 0 Å². The van der Waals surface area contributed by atoms with Crippen LogP contribution in [0.3, 0.4) is 0 Å². The lowest BCUT2D eigenvalue weighted by atomic mass is 10.2. The number of pyridine rings is 1. The van der Waals surface area contributed by atoms with Gasteiger partial charge in [-0.2, -0.15) is 0 Å². The number of benzene rings is 1. The minimum absolute atomic E-state index is 0.322. The Hall–Kier alpha value is -1.45. The topological polar surface area (TPSA) is 48.1 Å². The first-order chi connectivity index (χ1) is 8.06. The summed E-state index contributed by atoms with van der Waals surface area (Å²) in [7, 11) is 0. The average Bonchev–Trinajstić information content (AvgIpc) is 2.27. The number of nitrogen functional groups attached to an aromatic ring is 1. The molecule has 17 heavy (non-hydrogen) atoms. The van der Waals surface area contributed by atoms with Crippen molar-refractivity contribution in [1.29, 1.82) is 0 Å². The van der Waals surface area contributed by atoms with Crippen LogP contribution in [0.2, 0.25) is 10.0 Å². The van der Waals surface area contributed by atoms with Gasteiger partial charge in [-0.15, -0.1) is 0 Å². The fourth-order valence-corrected chi connectivity index (χ4v) is 1.64. The highest BCUT2D eigenvalue weighted by Crippen LogP contribution is 2.30. The number of nitrogens with two attached hydrogens (primary N) is 1. The van der Waals surface area contributed by atoms with E-state index in [4.69, 9.17) is 33.7 Å². The number of hydrogen-bond acceptors (Lipinski definition) is 3. The number of aryl methyl sites for hydroxylation is 1. The lowest BCUT2D eigenvalue weighted by Crippen LogP contribution is -1.92. The molecule has 0 saturated heterocycles. The summed E-state index contributed by atoms with van der Waals surface area (Å²) >= 11 is 11.9. The number of nitrogens with zero attached hydrogens (tertiary/aromatic N) is 1. The zero-order valence-electron chi connectivity index (χ0n) is 9.08. The van der Waals surface area contributed by atoms with E-state index in [0.717, 1.165) is 5.56 Å². The molecule has 0 fully saturated rings. The van der Waals surface area contributed by atoms with Gasteiger partial charge in [-0.3, -0.25) is 0 Å². The summed E-state index contributed by atoms with van der Waals surface area (Å²) in [6, 6.07) is 6.92. The molecule has 0 aliphatic carbocycles. The number of ether oxygens (including phenoxy) is 1. The van der Waals surface area contributed by atoms with Crippen molar-refractivity contribution < 1.29 is 4.74 Å². The maximum Gasteiger partial charge on any atom is 0.238 e. The predicted octanol–water partition coefficient (Wildman–Crippen LogP) is 4.07. The van der Waals surface area contributed by atoms with Crippen molar-refractivity contribution in [2.75, 3.05) is 5.73 Å². The second-order valence-corrected chi connectivity index (χ2v) is 4.38. The standard InChI is InChI=1S/C12H10Cl2N2O/c1-7-4-9(2-3-10(7)13)17-12-11(14)5-8(15)6-16-12/h2-6H,15H2,1H3. The van der Waals surface area contributed by atoms with Crippen molar-refractivity contribution >= 4 is 28.9 Å². The van der Waals surface area contributed by atoms with E-state index in [1.807, 2.05) is 13.0 Å². The van der Waals surface area contributed by atoms with Crippen LogP contribution in [0, 0.1) is 6.92 Å². The summed E-state index contributed by atoms with van der Waals surface area (Å²) < 4.78 is 5.54. The van der Waals surface area contributed by atoms with Crippen molar-refractivity contribution in [3.05, 3.63) is 46.1 Å². The fraction of sp³-hybridized carbons (Fsp3) is 0.0833. The van der Waals surface area contributed by atoms with Crippen molar-refractivity contribution in [3.8, 4) is 11.6 Å². The van der Waals surface area contributed by atoms with Gasteiger partial charge in [0.25, 0.3) is 0 Å². The van der Waals surface area contributed by atoms with E-state index in [9.17, 15) is 0 Å². The Bertz CT molecular complexity index is 558. The maximum absolute atomic E-state index is 5.96. The molecular weight excluding hydrogens is 259 g/mol. The molecule has 0 atom stereocenters. The molecule has 0 spiro atoms. The molecule has 0 radical (unpaired) electrons. The smallest absolute Gasteiger partial charge is 0.238 e. The molecule has 2 aromatic rings. The molecule has 0 saturated carbocycles. The Balaban J connectivity index is 2.28. The molecule has 0 bridgehead atoms. The van der Waals surface area contributed by atoms with Gasteiger partial charge in [0.15, 0.2) is 0 Å². The maximum atomic E-state index is 5.96. The van der Waals surface area contributed by atoms with Crippen LogP contribution in [0.1, 0.15) is 5.56 Å². The molecule has 88 valence electrons. The zero-order valence-corrected chi connectivity index (χ0v) is 10.6. The molecule has 2 N–H and O–H groups in total. The molecular formula is C12H10Cl2N2O. The first kappa shape index (κ1) is 12.0. The van der Waals surface area contributed by atoms with Crippen LogP contribution in [-0.2, 0) is 0 Å². The van der Waals surface area contributed by atoms with Crippen molar-refractivity contribution in [2.45, 2.75) is 6.92 Å². The monoisotopic (exact) mass is 268 g/mol. The molecule has 5 heteroatoms. The number of anilines is 1. The predicted molar refractivity (Wildman–Crippen MR) is 69.9 cm³/mol. The lowest BCUT2D eigenvalue weighted by Gasteiger charge is -2.08. The Morgan fingerprint density at radius 1 is 1.18 bits per heavy atom. The number of hydrogen-bond donors (Lipinski definition) is 1. The van der Waals surface area contributed by atoms with Gasteiger partial charge in [-0.05, 0) is 36.8 Å². The Labute approximate surface area is 109 Å². The van der Waals surface area contributed by atoms with Crippen molar-refractivity contribution in [1.82, 2.24) is 4.98 Å². The second kappa shape index (κ2) is 4.82. The van der Waals surface area contributed by atoms with Crippen LogP contribution in [0.4, 0.5) is 5.69 Å². The van der Waals surface area contributed by atoms with E-state index in [-0.39, 0.29) is 0 Å². The summed E-state index contributed by atoms with van der Waals surface area (Å²) in [5.74, 6) is 0.952. The largest absolute Gasteiger partial charge is 0.438 e. The summed E-state index contributed by atoms with van der Waals surface area (Å²) in [4.78, 5) is 4.01. The number of rotatable bonds is 2. The van der Waals surface area contributed by atoms with Gasteiger partial charge in [0.2, 0.25) is 5.88 Å². The molecule has 1 aromatic heterocycles. The first-order valence-electron chi connectivity index (χ1n) is 4.91. The molecule has 2 rings (SSSR count). The highest BCUT2D eigenvalue weighted by Gasteiger charge is 2.06. The number of aromatic nitrogens is 1. The Morgan fingerprint density at radius 3 is 2.59 bits per heavy atom. The summed E-state index contributed by atoms with van der Waals surface area (Å²) in [5.41, 5.74) is 6.97. The molecule has 0 aliphatic heterocycles. The zero-order chi connectivity index (χ0) is 12.4. The molecule has 0 aliphatic rings. The van der Waals surface area contributed by atoms with Crippen LogP contribution < -0.4 is 10.5 Å². The SMILES string of the molecule is Cc1cc(Oc2ncc(N)cc2Cl)ccc1Cl. The lowest BCUT2D eigenvalue weighted by molar-refractivity contribution is 0.463. The van der Waals surface area contributed by atoms with Crippen LogP contribution >= 0.6 is 23.2 Å². The fourth-order valence-electron chi connectivity index (χ4n) is 1.31. The van der Waals surface area contributed by atoms with E-state index in [2.05, 4.69) is 4.98 Å². The van der Waals surface area contributed by atoms with E-state index in [1.165, 1.54) is 6.20 Å². The van der Waals surface area contributed by atoms with Gasteiger partial charge < -0.3 is 10.5 Å². The molecule has 0 amide bonds. The third kappa shape index (κ3) is 2.81. The third-order valence-electron chi connectivity index (χ3n) is 2.17. The highest BCUT2D eigenvalue weighted by molar-refractivity contribution is 6.32. The van der Waals surface area contributed by atoms with E-state index >= 15 is 0 Å². The van der Waals surface area contributed by atoms with Crippen molar-refractivity contribution in [3.63, 3.8) is 0 Å². The van der Waals surface area contributed by atoms with Crippen LogP contribution in [0.15, 0.2) is 30.5 Å². The number of halogens is 2. The van der Waals surface area contributed by atoms with Crippen molar-refractivity contribution in [2.24, 2.45) is 0 Å². The van der Waals surface area contributed by atoms with E-state index in [1.54, 1.807) is 18.2 Å². The molecule has 1 heterocycles. The summed E-state index contributed by atoms with van der Waals surface area (Å²) in [5, 5.41) is 1.06. The van der Waals surface area contributed by atoms with Gasteiger partial charge in [0.05, 0.1) is 11.9 Å². The van der Waals surface area contributed by atoms with Crippen LogP contribution in [-0.4, -0.2) is 4.98 Å². The quantitative estimate of drug-likeness (QED) is 0.893. The minimum atomic E-state index is 0.322. The summed E-state index contributed by atoms with van der Waals surface area (Å²) in [6.07, 6.45) is 1.49. The highest BCUT2D eigenvalue weighted by atomic mass is 35.5. The Morgan fingerprint density at radius 2 is 1.94 bits per heavy atom. The normalized spacial score (nSPS) is 10.3. The van der Waals surface area contributed by atoms with Gasteiger partial charge in [-0.25, -0.2) is 4.98 Å². The van der Waals surface area contributed by atoms with Gasteiger partial charge in [0, 0.05) is 5.02 Å². The average molecular weight is 269 g/mol. The van der Waals surface area contributed by atoms with E-state index in [0.29, 0.717) is 27.4 Å². The minimum Gasteiger partial charge on any atom is -0.438 e. The summed E-state index contributed by atoms with van der Waals surface area (Å²) in [6.45, 7) is 1.90. The molecule has 0 unspecified atom stereocenters. The molecule has 1 aromatic carbocycles. The van der Waals surface area contributed by atoms with Gasteiger partial charge in [0.1, 0.15) is 10.8 Å². The van der Waals surface area contributed by atoms with Crippen LogP contribution in [0.25, 0.3) is 0 Å². The molecule has 3 nitrogen and oxygen atoms in total. The van der Waals surface area contributed by atoms with Crippen LogP contribution in [0.5, 0.6) is 11.6 Å². The first-order valence-corrected chi connectivity index (χ1v) is 5.67. The van der Waals surface area contributed by atoms with E-state index < -0.39 is 0 Å². The Kier molecular flexibility index (Phi) is 3.41. The second-order valence-electron chi connectivity index (χ2n) is 3.57.